The molecule has 0 aliphatic heterocycles. The quantitative estimate of drug-likeness (QED) is 0.649. The van der Waals surface area contributed by atoms with Crippen LogP contribution in [0.5, 0.6) is 23.0 Å². The number of hydrogen-bond donors (Lipinski definition) is 2. The van der Waals surface area contributed by atoms with E-state index in [0.717, 1.165) is 6.92 Å². The van der Waals surface area contributed by atoms with Crippen LogP contribution in [0.1, 0.15) is 20.3 Å². The van der Waals surface area contributed by atoms with Gasteiger partial charge in [0.2, 0.25) is 21.5 Å². The number of carbonyl (C=O) groups is 1. The molecule has 10 heteroatoms. The normalized spacial score (nSPS) is 11.1. The number of nitrogens with one attached hydrogen (secondary N) is 1. The first-order chi connectivity index (χ1) is 12.7. The van der Waals surface area contributed by atoms with Crippen LogP contribution in [-0.4, -0.2) is 39.5 Å². The van der Waals surface area contributed by atoms with E-state index in [4.69, 9.17) is 18.6 Å². The van der Waals surface area contributed by atoms with E-state index in [9.17, 15) is 18.3 Å². The number of ether oxygens (including phenoxy) is 3. The van der Waals surface area contributed by atoms with Crippen molar-refractivity contribution in [3.05, 3.63) is 18.2 Å². The van der Waals surface area contributed by atoms with Crippen molar-refractivity contribution in [2.24, 2.45) is 0 Å². The van der Waals surface area contributed by atoms with Crippen molar-refractivity contribution in [1.29, 1.82) is 0 Å². The van der Waals surface area contributed by atoms with Gasteiger partial charge in [-0.05, 0) is 24.6 Å². The van der Waals surface area contributed by atoms with Gasteiger partial charge in [0, 0.05) is 6.92 Å². The molecule has 1 aromatic heterocycles. The van der Waals surface area contributed by atoms with Crippen LogP contribution >= 0.6 is 0 Å². The van der Waals surface area contributed by atoms with E-state index in [1.807, 2.05) is 0 Å². The number of hydrogen-bond acceptors (Lipinski definition) is 8. The highest BCUT2D eigenvalue weighted by molar-refractivity contribution is 7.92. The second-order valence-electron chi connectivity index (χ2n) is 5.52. The molecule has 148 valence electrons. The van der Waals surface area contributed by atoms with E-state index in [1.165, 1.54) is 20.3 Å². The largest absolute Gasteiger partial charge is 0.502 e. The van der Waals surface area contributed by atoms with Crippen molar-refractivity contribution in [2.45, 2.75) is 20.3 Å². The zero-order valence-corrected chi connectivity index (χ0v) is 16.2. The molecule has 1 aromatic carbocycles. The Balaban J connectivity index is 2.64. The number of aromatic hydroxyl groups is 1. The van der Waals surface area contributed by atoms with Crippen molar-refractivity contribution in [1.82, 2.24) is 0 Å². The van der Waals surface area contributed by atoms with Gasteiger partial charge in [-0.15, -0.1) is 0 Å². The van der Waals surface area contributed by atoms with Crippen LogP contribution < -0.4 is 18.9 Å². The van der Waals surface area contributed by atoms with Gasteiger partial charge in [-0.25, -0.2) is 13.1 Å². The molecule has 0 aliphatic rings. The van der Waals surface area contributed by atoms with E-state index in [1.54, 1.807) is 19.1 Å². The van der Waals surface area contributed by atoms with Crippen molar-refractivity contribution < 1.29 is 36.9 Å². The first-order valence-electron chi connectivity index (χ1n) is 7.99. The fourth-order valence-corrected chi connectivity index (χ4v) is 3.40. The lowest BCUT2D eigenvalue weighted by atomic mass is 10.1. The van der Waals surface area contributed by atoms with E-state index < -0.39 is 33.4 Å². The summed E-state index contributed by atoms with van der Waals surface area (Å²) in [5.74, 6) is -1.68. The lowest BCUT2D eigenvalue weighted by Crippen LogP contribution is -2.16. The van der Waals surface area contributed by atoms with Gasteiger partial charge in [-0.1, -0.05) is 6.92 Å². The number of methoxy groups -OCH3 is 2. The molecule has 1 heterocycles. The molecule has 0 bridgehead atoms. The van der Waals surface area contributed by atoms with Crippen LogP contribution in [0.15, 0.2) is 22.6 Å². The summed E-state index contributed by atoms with van der Waals surface area (Å²) in [7, 11) is -0.879. The molecule has 0 fully saturated rings. The third-order valence-corrected chi connectivity index (χ3v) is 4.90. The number of sulfonamides is 1. The first kappa shape index (κ1) is 20.4. The molecule has 2 rings (SSSR count). The minimum Gasteiger partial charge on any atom is -0.502 e. The molecule has 2 aromatic rings. The van der Waals surface area contributed by atoms with E-state index in [2.05, 4.69) is 4.72 Å². The minimum atomic E-state index is -3.76. The van der Waals surface area contributed by atoms with E-state index in [0.29, 0.717) is 17.9 Å². The molecular formula is C17H21NO8S. The average Bonchev–Trinajstić information content (AvgIpc) is 2.89. The smallest absolute Gasteiger partial charge is 0.308 e. The highest BCUT2D eigenvalue weighted by atomic mass is 32.2. The number of anilines is 1. The second-order valence-corrected chi connectivity index (χ2v) is 7.36. The summed E-state index contributed by atoms with van der Waals surface area (Å²) in [5.41, 5.74) is 0.281. The van der Waals surface area contributed by atoms with Gasteiger partial charge >= 0.3 is 5.97 Å². The van der Waals surface area contributed by atoms with Gasteiger partial charge in [-0.3, -0.25) is 4.79 Å². The Labute approximate surface area is 156 Å². The SMILES string of the molecule is CCCS(=O)(=O)Nc1oc(-c2cc(OC)ccc2OC)c(O)c1OC(C)=O. The van der Waals surface area contributed by atoms with Crippen LogP contribution in [0.25, 0.3) is 11.3 Å². The van der Waals surface area contributed by atoms with Gasteiger partial charge < -0.3 is 23.7 Å². The fraction of sp³-hybridized carbons (Fsp3) is 0.353. The molecule has 0 aliphatic carbocycles. The van der Waals surface area contributed by atoms with Gasteiger partial charge in [0.05, 0.1) is 25.5 Å². The average molecular weight is 399 g/mol. The van der Waals surface area contributed by atoms with E-state index in [-0.39, 0.29) is 17.1 Å². The Morgan fingerprint density at radius 2 is 1.96 bits per heavy atom. The van der Waals surface area contributed by atoms with Crippen molar-refractivity contribution in [3.8, 4) is 34.3 Å². The number of benzene rings is 1. The van der Waals surface area contributed by atoms with Crippen LogP contribution in [0, 0.1) is 0 Å². The predicted octanol–water partition coefficient (Wildman–Crippen LogP) is 2.75. The highest BCUT2D eigenvalue weighted by Crippen LogP contribution is 2.49. The first-order valence-corrected chi connectivity index (χ1v) is 9.64. The number of carbonyl (C=O) groups excluding carboxylic acids is 1. The lowest BCUT2D eigenvalue weighted by Gasteiger charge is -2.08. The second kappa shape index (κ2) is 8.21. The molecule has 0 saturated carbocycles. The lowest BCUT2D eigenvalue weighted by molar-refractivity contribution is -0.131. The van der Waals surface area contributed by atoms with Crippen LogP contribution in [0.4, 0.5) is 5.88 Å². The Kier molecular flexibility index (Phi) is 6.21. The summed E-state index contributed by atoms with van der Waals surface area (Å²) >= 11 is 0. The standard InChI is InChI=1S/C17H21NO8S/c1-5-8-27(21,22)18-17-16(25-10(2)19)14(20)15(26-17)12-9-11(23-3)6-7-13(12)24-4/h6-7,9,18,20H,5,8H2,1-4H3. The zero-order chi connectivity index (χ0) is 20.2. The summed E-state index contributed by atoms with van der Waals surface area (Å²) < 4.78 is 47.2. The summed E-state index contributed by atoms with van der Waals surface area (Å²) in [6.45, 7) is 2.81. The summed E-state index contributed by atoms with van der Waals surface area (Å²) in [6, 6.07) is 4.75. The molecular weight excluding hydrogens is 378 g/mol. The molecule has 0 unspecified atom stereocenters. The monoisotopic (exact) mass is 399 g/mol. The minimum absolute atomic E-state index is 0.142. The molecule has 2 N–H and O–H groups in total. The fourth-order valence-electron chi connectivity index (χ4n) is 2.35. The van der Waals surface area contributed by atoms with Gasteiger partial charge in [-0.2, -0.15) is 0 Å². The maximum absolute atomic E-state index is 12.1. The summed E-state index contributed by atoms with van der Waals surface area (Å²) in [5, 5.41) is 10.5. The predicted molar refractivity (Wildman–Crippen MR) is 97.9 cm³/mol. The van der Waals surface area contributed by atoms with Crippen LogP contribution in [0.2, 0.25) is 0 Å². The van der Waals surface area contributed by atoms with Crippen molar-refractivity contribution >= 4 is 21.9 Å². The maximum atomic E-state index is 12.1. The number of esters is 1. The van der Waals surface area contributed by atoms with Crippen LogP contribution in [-0.2, 0) is 14.8 Å². The molecule has 0 saturated heterocycles. The Morgan fingerprint density at radius 3 is 2.52 bits per heavy atom. The third-order valence-electron chi connectivity index (χ3n) is 3.46. The molecule has 0 atom stereocenters. The zero-order valence-electron chi connectivity index (χ0n) is 15.4. The van der Waals surface area contributed by atoms with E-state index >= 15 is 0 Å². The third kappa shape index (κ3) is 4.64. The number of rotatable bonds is 8. The van der Waals surface area contributed by atoms with Gasteiger partial charge in [0.1, 0.15) is 11.5 Å². The number of furan rings is 1. The molecule has 27 heavy (non-hydrogen) atoms. The molecule has 0 amide bonds. The van der Waals surface area contributed by atoms with Gasteiger partial charge in [0.15, 0.2) is 5.76 Å². The van der Waals surface area contributed by atoms with Crippen molar-refractivity contribution in [2.75, 3.05) is 24.7 Å². The van der Waals surface area contributed by atoms with Crippen LogP contribution in [0.3, 0.4) is 0 Å². The highest BCUT2D eigenvalue weighted by Gasteiger charge is 2.28. The summed E-state index contributed by atoms with van der Waals surface area (Å²) in [4.78, 5) is 11.4. The summed E-state index contributed by atoms with van der Waals surface area (Å²) in [6.07, 6.45) is 0.363. The topological polar surface area (TPSA) is 124 Å². The van der Waals surface area contributed by atoms with Crippen molar-refractivity contribution in [3.63, 3.8) is 0 Å². The maximum Gasteiger partial charge on any atom is 0.308 e. The molecule has 0 radical (unpaired) electrons. The van der Waals surface area contributed by atoms with Gasteiger partial charge in [0.25, 0.3) is 5.88 Å². The Morgan fingerprint density at radius 1 is 1.26 bits per heavy atom. The molecule has 0 spiro atoms. The Bertz CT molecular complexity index is 933. The molecule has 9 nitrogen and oxygen atoms in total. The Hall–Kier alpha value is -2.88.